The molecule has 0 aliphatic carbocycles. The van der Waals surface area contributed by atoms with Gasteiger partial charge in [0.2, 0.25) is 0 Å². The molecule has 0 atom stereocenters. The Bertz CT molecular complexity index is 348. The first-order valence-electron chi connectivity index (χ1n) is 4.03. The highest BCUT2D eigenvalue weighted by Gasteiger charge is 2.09. The van der Waals surface area contributed by atoms with E-state index in [1.165, 1.54) is 0 Å². The molecule has 74 valence electrons. The third kappa shape index (κ3) is 1.87. The molecule has 1 heterocycles. The van der Waals surface area contributed by atoms with E-state index in [4.69, 9.17) is 10.4 Å². The fourth-order valence-corrected chi connectivity index (χ4v) is 1.09. The summed E-state index contributed by atoms with van der Waals surface area (Å²) >= 11 is 0. The molecule has 14 heavy (non-hydrogen) atoms. The Labute approximate surface area is 81.4 Å². The van der Waals surface area contributed by atoms with Gasteiger partial charge in [0.05, 0.1) is 11.4 Å². The van der Waals surface area contributed by atoms with E-state index in [0.717, 1.165) is 0 Å². The van der Waals surface area contributed by atoms with Gasteiger partial charge in [-0.1, -0.05) is 10.3 Å². The zero-order valence-electron chi connectivity index (χ0n) is 7.97. The molecule has 0 aliphatic heterocycles. The minimum Gasteiger partial charge on any atom is -0.411 e. The lowest BCUT2D eigenvalue weighted by Gasteiger charge is -2.04. The molecule has 2 N–H and O–H groups in total. The van der Waals surface area contributed by atoms with Crippen molar-refractivity contribution >= 4 is 11.4 Å². The van der Waals surface area contributed by atoms with Gasteiger partial charge in [-0.2, -0.15) is 0 Å². The molecule has 1 aromatic rings. The minimum absolute atomic E-state index is 0.378. The van der Waals surface area contributed by atoms with Crippen LogP contribution in [0.4, 0.5) is 0 Å². The van der Waals surface area contributed by atoms with Gasteiger partial charge in [-0.05, 0) is 26.0 Å². The molecule has 1 rings (SSSR count). The van der Waals surface area contributed by atoms with Crippen LogP contribution in [-0.2, 0) is 0 Å². The maximum Gasteiger partial charge on any atom is 0.103 e. The van der Waals surface area contributed by atoms with E-state index in [9.17, 15) is 0 Å². The fourth-order valence-electron chi connectivity index (χ4n) is 1.09. The third-order valence-electron chi connectivity index (χ3n) is 1.84. The average Bonchev–Trinajstić information content (AvgIpc) is 2.27. The standard InChI is InChI=1S/C9H11N3O2/c1-6(11-13)8-4-3-5-10-9(8)7(2)12-14/h3-5,13-14H,1-2H3/b11-6+,12-7+. The van der Waals surface area contributed by atoms with Crippen LogP contribution in [-0.4, -0.2) is 26.8 Å². The normalized spacial score (nSPS) is 13.0. The van der Waals surface area contributed by atoms with Crippen LogP contribution in [0.25, 0.3) is 0 Å². The third-order valence-corrected chi connectivity index (χ3v) is 1.84. The highest BCUT2D eigenvalue weighted by atomic mass is 16.4. The number of nitrogens with zero attached hydrogens (tertiary/aromatic N) is 3. The Balaban J connectivity index is 3.30. The summed E-state index contributed by atoms with van der Waals surface area (Å²) in [7, 11) is 0. The lowest BCUT2D eigenvalue weighted by molar-refractivity contribution is 0.318. The molecule has 0 saturated carbocycles. The molecular weight excluding hydrogens is 182 g/mol. The van der Waals surface area contributed by atoms with Gasteiger partial charge in [0, 0.05) is 11.8 Å². The SMILES string of the molecule is C/C(=N\O)c1cccnc1/C(C)=N/O. The van der Waals surface area contributed by atoms with Gasteiger partial charge >= 0.3 is 0 Å². The Hall–Kier alpha value is -1.91. The van der Waals surface area contributed by atoms with E-state index >= 15 is 0 Å². The summed E-state index contributed by atoms with van der Waals surface area (Å²) in [5, 5.41) is 23.4. The summed E-state index contributed by atoms with van der Waals surface area (Å²) < 4.78 is 0. The quantitative estimate of drug-likeness (QED) is 0.424. The Morgan fingerprint density at radius 3 is 2.43 bits per heavy atom. The topological polar surface area (TPSA) is 78.1 Å². The van der Waals surface area contributed by atoms with Gasteiger partial charge in [0.1, 0.15) is 5.71 Å². The van der Waals surface area contributed by atoms with E-state index in [2.05, 4.69) is 15.3 Å². The second-order valence-corrected chi connectivity index (χ2v) is 2.77. The molecule has 0 amide bonds. The molecule has 0 spiro atoms. The number of pyridine rings is 1. The van der Waals surface area contributed by atoms with Crippen molar-refractivity contribution in [1.82, 2.24) is 4.98 Å². The summed E-state index contributed by atoms with van der Waals surface area (Å²) in [5.74, 6) is 0. The molecule has 5 nitrogen and oxygen atoms in total. The van der Waals surface area contributed by atoms with Crippen LogP contribution >= 0.6 is 0 Å². The van der Waals surface area contributed by atoms with E-state index < -0.39 is 0 Å². The summed E-state index contributed by atoms with van der Waals surface area (Å²) in [4.78, 5) is 4.04. The predicted octanol–water partition coefficient (Wildman–Crippen LogP) is 1.48. The monoisotopic (exact) mass is 193 g/mol. The molecule has 0 radical (unpaired) electrons. The van der Waals surface area contributed by atoms with E-state index in [1.807, 2.05) is 0 Å². The lowest BCUT2D eigenvalue weighted by atomic mass is 10.1. The molecule has 0 aromatic carbocycles. The molecule has 5 heteroatoms. The second kappa shape index (κ2) is 4.36. The summed E-state index contributed by atoms with van der Waals surface area (Å²) in [6, 6.07) is 3.46. The number of hydrogen-bond acceptors (Lipinski definition) is 5. The fraction of sp³-hybridized carbons (Fsp3) is 0.222. The summed E-state index contributed by atoms with van der Waals surface area (Å²) in [6.45, 7) is 3.27. The Kier molecular flexibility index (Phi) is 3.17. The summed E-state index contributed by atoms with van der Waals surface area (Å²) in [5.41, 5.74) is 1.95. The van der Waals surface area contributed by atoms with E-state index in [0.29, 0.717) is 22.7 Å². The van der Waals surface area contributed by atoms with Crippen LogP contribution in [0.2, 0.25) is 0 Å². The van der Waals surface area contributed by atoms with Crippen molar-refractivity contribution in [2.45, 2.75) is 13.8 Å². The maximum absolute atomic E-state index is 8.62. The zero-order chi connectivity index (χ0) is 10.6. The van der Waals surface area contributed by atoms with Crippen molar-refractivity contribution in [2.24, 2.45) is 10.3 Å². The van der Waals surface area contributed by atoms with Gasteiger partial charge in [-0.15, -0.1) is 0 Å². The summed E-state index contributed by atoms with van der Waals surface area (Å²) in [6.07, 6.45) is 1.58. The van der Waals surface area contributed by atoms with Crippen molar-refractivity contribution in [2.75, 3.05) is 0 Å². The van der Waals surface area contributed by atoms with Crippen molar-refractivity contribution in [3.63, 3.8) is 0 Å². The van der Waals surface area contributed by atoms with Gasteiger partial charge < -0.3 is 10.4 Å². The van der Waals surface area contributed by atoms with Gasteiger partial charge in [0.25, 0.3) is 0 Å². The molecule has 0 aliphatic rings. The number of rotatable bonds is 2. The van der Waals surface area contributed by atoms with Gasteiger partial charge in [-0.3, -0.25) is 4.98 Å². The lowest BCUT2D eigenvalue weighted by Crippen LogP contribution is -2.08. The maximum atomic E-state index is 8.62. The number of aromatic nitrogens is 1. The molecular formula is C9H11N3O2. The molecule has 0 unspecified atom stereocenters. The first kappa shape index (κ1) is 10.2. The predicted molar refractivity (Wildman–Crippen MR) is 52.2 cm³/mol. The van der Waals surface area contributed by atoms with E-state index in [1.54, 1.807) is 32.2 Å². The highest BCUT2D eigenvalue weighted by Crippen LogP contribution is 2.08. The van der Waals surface area contributed by atoms with E-state index in [-0.39, 0.29) is 0 Å². The first-order chi connectivity index (χ1) is 6.70. The number of oxime groups is 2. The second-order valence-electron chi connectivity index (χ2n) is 2.77. The van der Waals surface area contributed by atoms with Crippen molar-refractivity contribution in [3.05, 3.63) is 29.6 Å². The van der Waals surface area contributed by atoms with Crippen LogP contribution < -0.4 is 0 Å². The average molecular weight is 193 g/mol. The smallest absolute Gasteiger partial charge is 0.103 e. The first-order valence-corrected chi connectivity index (χ1v) is 4.03. The Morgan fingerprint density at radius 2 is 1.86 bits per heavy atom. The van der Waals surface area contributed by atoms with Crippen molar-refractivity contribution < 1.29 is 10.4 Å². The van der Waals surface area contributed by atoms with Gasteiger partial charge in [-0.25, -0.2) is 0 Å². The minimum atomic E-state index is 0.378. The van der Waals surface area contributed by atoms with Crippen LogP contribution in [0.15, 0.2) is 28.6 Å². The van der Waals surface area contributed by atoms with Crippen LogP contribution in [0.1, 0.15) is 25.1 Å². The number of hydrogen-bond donors (Lipinski definition) is 2. The van der Waals surface area contributed by atoms with Crippen LogP contribution in [0.5, 0.6) is 0 Å². The van der Waals surface area contributed by atoms with Crippen LogP contribution in [0, 0.1) is 0 Å². The highest BCUT2D eigenvalue weighted by molar-refractivity contribution is 6.09. The molecule has 0 saturated heterocycles. The molecule has 0 fully saturated rings. The molecule has 1 aromatic heterocycles. The zero-order valence-corrected chi connectivity index (χ0v) is 7.97. The largest absolute Gasteiger partial charge is 0.411 e. The van der Waals surface area contributed by atoms with Crippen molar-refractivity contribution in [3.8, 4) is 0 Å². The molecule has 0 bridgehead atoms. The Morgan fingerprint density at radius 1 is 1.21 bits per heavy atom. The van der Waals surface area contributed by atoms with Crippen LogP contribution in [0.3, 0.4) is 0 Å². The van der Waals surface area contributed by atoms with Gasteiger partial charge in [0.15, 0.2) is 0 Å². The van der Waals surface area contributed by atoms with Crippen molar-refractivity contribution in [1.29, 1.82) is 0 Å².